The number of anilines is 1. The molecular formula is C10H13N3OS. The Morgan fingerprint density at radius 2 is 2.13 bits per heavy atom. The van der Waals surface area contributed by atoms with Gasteiger partial charge in [-0.2, -0.15) is 0 Å². The van der Waals surface area contributed by atoms with E-state index < -0.39 is 0 Å². The van der Waals surface area contributed by atoms with Gasteiger partial charge in [0.1, 0.15) is 0 Å². The third kappa shape index (κ3) is 1.87. The van der Waals surface area contributed by atoms with Crippen molar-refractivity contribution < 1.29 is 5.21 Å². The van der Waals surface area contributed by atoms with Gasteiger partial charge in [0, 0.05) is 12.2 Å². The largest absolute Gasteiger partial charge is 0.408 e. The predicted octanol–water partition coefficient (Wildman–Crippen LogP) is 2.18. The lowest BCUT2D eigenvalue weighted by molar-refractivity contribution is 0.312. The topological polar surface area (TPSA) is 39.1 Å². The van der Waals surface area contributed by atoms with Gasteiger partial charge in [0.2, 0.25) is 0 Å². The average molecular weight is 223 g/mol. The summed E-state index contributed by atoms with van der Waals surface area (Å²) in [7, 11) is 0. The van der Waals surface area contributed by atoms with Crippen LogP contribution in [-0.2, 0) is 0 Å². The number of hydrogen-bond donors (Lipinski definition) is 1. The summed E-state index contributed by atoms with van der Waals surface area (Å²) in [5, 5.41) is 12.3. The molecule has 0 aromatic heterocycles. The summed E-state index contributed by atoms with van der Waals surface area (Å²) in [5.41, 5.74) is 1.05. The van der Waals surface area contributed by atoms with Gasteiger partial charge in [-0.25, -0.2) is 0 Å². The predicted molar refractivity (Wildman–Crippen MR) is 63.0 cm³/mol. The Morgan fingerprint density at radius 1 is 1.40 bits per heavy atom. The summed E-state index contributed by atoms with van der Waals surface area (Å²) in [6, 6.07) is 9.93. The summed E-state index contributed by atoms with van der Waals surface area (Å²) in [5.74, 6) is 1.39. The van der Waals surface area contributed by atoms with E-state index in [2.05, 4.69) is 5.16 Å². The lowest BCUT2D eigenvalue weighted by Crippen LogP contribution is -2.32. The Morgan fingerprint density at radius 3 is 2.73 bits per heavy atom. The molecular weight excluding hydrogens is 210 g/mol. The monoisotopic (exact) mass is 223 g/mol. The van der Waals surface area contributed by atoms with E-state index in [-0.39, 0.29) is 0 Å². The number of guanidine groups is 1. The van der Waals surface area contributed by atoms with Crippen LogP contribution in [0.1, 0.15) is 6.92 Å². The molecule has 1 fully saturated rings. The SMILES string of the molecule is CCN1SCN(c2ccccc2)C1=NO. The second-order valence-corrected chi connectivity index (χ2v) is 4.07. The first-order valence-electron chi connectivity index (χ1n) is 4.82. The second kappa shape index (κ2) is 4.44. The van der Waals surface area contributed by atoms with Gasteiger partial charge in [-0.1, -0.05) is 18.2 Å². The fourth-order valence-corrected chi connectivity index (χ4v) is 2.46. The maximum Gasteiger partial charge on any atom is 0.253 e. The Kier molecular flexibility index (Phi) is 3.01. The molecule has 5 heteroatoms. The van der Waals surface area contributed by atoms with Crippen LogP contribution >= 0.6 is 11.9 Å². The highest BCUT2D eigenvalue weighted by atomic mass is 32.2. The minimum Gasteiger partial charge on any atom is -0.408 e. The number of nitrogens with zero attached hydrogens (tertiary/aromatic N) is 3. The third-order valence-electron chi connectivity index (χ3n) is 2.25. The van der Waals surface area contributed by atoms with E-state index in [9.17, 15) is 0 Å². The first-order chi connectivity index (χ1) is 7.36. The molecule has 15 heavy (non-hydrogen) atoms. The van der Waals surface area contributed by atoms with E-state index in [0.29, 0.717) is 5.96 Å². The van der Waals surface area contributed by atoms with Crippen LogP contribution in [0.3, 0.4) is 0 Å². The summed E-state index contributed by atoms with van der Waals surface area (Å²) >= 11 is 1.65. The van der Waals surface area contributed by atoms with E-state index in [1.807, 2.05) is 46.5 Å². The normalized spacial score (nSPS) is 18.9. The molecule has 0 bridgehead atoms. The van der Waals surface area contributed by atoms with Crippen LogP contribution in [0.15, 0.2) is 35.5 Å². The molecule has 80 valence electrons. The van der Waals surface area contributed by atoms with Crippen molar-refractivity contribution in [3.05, 3.63) is 30.3 Å². The van der Waals surface area contributed by atoms with Gasteiger partial charge in [0.25, 0.3) is 5.96 Å². The zero-order valence-corrected chi connectivity index (χ0v) is 9.31. The van der Waals surface area contributed by atoms with E-state index >= 15 is 0 Å². The van der Waals surface area contributed by atoms with Crippen LogP contribution in [0, 0.1) is 0 Å². The van der Waals surface area contributed by atoms with Crippen molar-refractivity contribution in [2.24, 2.45) is 5.16 Å². The fraction of sp³-hybridized carbons (Fsp3) is 0.300. The number of oxime groups is 1. The number of rotatable bonds is 2. The molecule has 1 aromatic carbocycles. The third-order valence-corrected chi connectivity index (χ3v) is 3.36. The summed E-state index contributed by atoms with van der Waals surface area (Å²) in [4.78, 5) is 1.98. The molecule has 0 amide bonds. The fourth-order valence-electron chi connectivity index (χ4n) is 1.51. The molecule has 1 N–H and O–H groups in total. The smallest absolute Gasteiger partial charge is 0.253 e. The average Bonchev–Trinajstić information content (AvgIpc) is 2.72. The van der Waals surface area contributed by atoms with Gasteiger partial charge < -0.3 is 5.21 Å². The summed E-state index contributed by atoms with van der Waals surface area (Å²) in [6.45, 7) is 2.86. The Hall–Kier alpha value is -1.36. The molecule has 1 heterocycles. The number of hydrogen-bond acceptors (Lipinski definition) is 3. The highest BCUT2D eigenvalue weighted by Crippen LogP contribution is 2.28. The van der Waals surface area contributed by atoms with Crippen LogP contribution in [0.4, 0.5) is 5.69 Å². The first-order valence-corrected chi connectivity index (χ1v) is 5.76. The molecule has 1 saturated heterocycles. The molecule has 0 spiro atoms. The summed E-state index contributed by atoms with van der Waals surface area (Å²) in [6.07, 6.45) is 0. The van der Waals surface area contributed by atoms with Crippen molar-refractivity contribution in [2.45, 2.75) is 6.92 Å². The Bertz CT molecular complexity index is 355. The molecule has 0 radical (unpaired) electrons. The standard InChI is InChI=1S/C10H13N3OS/c1-2-13-10(11-14)12(8-15-13)9-6-4-3-5-7-9/h3-7,14H,2,8H2,1H3. The van der Waals surface area contributed by atoms with Gasteiger partial charge in [-0.05, 0) is 36.2 Å². The molecule has 0 saturated carbocycles. The van der Waals surface area contributed by atoms with Crippen LogP contribution in [-0.4, -0.2) is 27.9 Å². The van der Waals surface area contributed by atoms with Crippen LogP contribution in [0.25, 0.3) is 0 Å². The molecule has 1 aliphatic heterocycles. The van der Waals surface area contributed by atoms with E-state index in [1.165, 1.54) is 0 Å². The molecule has 1 aromatic rings. The van der Waals surface area contributed by atoms with Crippen LogP contribution in [0.2, 0.25) is 0 Å². The molecule has 2 rings (SSSR count). The van der Waals surface area contributed by atoms with Gasteiger partial charge in [-0.3, -0.25) is 9.21 Å². The zero-order chi connectivity index (χ0) is 10.7. The quantitative estimate of drug-likeness (QED) is 0.474. The van der Waals surface area contributed by atoms with Gasteiger partial charge in [0.15, 0.2) is 0 Å². The van der Waals surface area contributed by atoms with Gasteiger partial charge in [0.05, 0.1) is 5.88 Å². The lowest BCUT2D eigenvalue weighted by Gasteiger charge is -2.18. The molecule has 0 unspecified atom stereocenters. The Balaban J connectivity index is 2.25. The summed E-state index contributed by atoms with van der Waals surface area (Å²) < 4.78 is 1.97. The second-order valence-electron chi connectivity index (χ2n) is 3.12. The van der Waals surface area contributed by atoms with E-state index in [4.69, 9.17) is 5.21 Å². The minimum absolute atomic E-state index is 0.605. The maximum atomic E-state index is 8.99. The lowest BCUT2D eigenvalue weighted by atomic mass is 10.3. The van der Waals surface area contributed by atoms with Crippen molar-refractivity contribution >= 4 is 23.6 Å². The number of para-hydroxylation sites is 1. The van der Waals surface area contributed by atoms with Crippen molar-refractivity contribution in [1.82, 2.24) is 4.31 Å². The molecule has 0 atom stereocenters. The van der Waals surface area contributed by atoms with Crippen molar-refractivity contribution in [3.8, 4) is 0 Å². The van der Waals surface area contributed by atoms with Crippen molar-refractivity contribution in [1.29, 1.82) is 0 Å². The first kappa shape index (κ1) is 10.2. The van der Waals surface area contributed by atoms with Crippen molar-refractivity contribution in [3.63, 3.8) is 0 Å². The highest BCUT2D eigenvalue weighted by molar-refractivity contribution is 7.98. The molecule has 1 aliphatic rings. The van der Waals surface area contributed by atoms with Crippen LogP contribution in [0.5, 0.6) is 0 Å². The molecule has 4 nitrogen and oxygen atoms in total. The van der Waals surface area contributed by atoms with Gasteiger partial charge in [-0.15, -0.1) is 0 Å². The highest BCUT2D eigenvalue weighted by Gasteiger charge is 2.27. The van der Waals surface area contributed by atoms with E-state index in [0.717, 1.165) is 18.1 Å². The zero-order valence-electron chi connectivity index (χ0n) is 8.50. The van der Waals surface area contributed by atoms with Crippen molar-refractivity contribution in [2.75, 3.05) is 17.3 Å². The molecule has 0 aliphatic carbocycles. The van der Waals surface area contributed by atoms with E-state index in [1.54, 1.807) is 11.9 Å². The van der Waals surface area contributed by atoms with Crippen LogP contribution < -0.4 is 4.90 Å². The maximum absolute atomic E-state index is 8.99. The minimum atomic E-state index is 0.605. The Labute approximate surface area is 93.3 Å². The number of benzene rings is 1. The van der Waals surface area contributed by atoms with Gasteiger partial charge >= 0.3 is 0 Å².